The van der Waals surface area contributed by atoms with E-state index in [1.807, 2.05) is 62.4 Å². The molecule has 5 heteroatoms. The van der Waals surface area contributed by atoms with E-state index in [1.54, 1.807) is 0 Å². The maximum absolute atomic E-state index is 12.0. The van der Waals surface area contributed by atoms with Gasteiger partial charge in [0.2, 0.25) is 5.91 Å². The van der Waals surface area contributed by atoms with Crippen molar-refractivity contribution in [3.05, 3.63) is 64.7 Å². The summed E-state index contributed by atoms with van der Waals surface area (Å²) in [7, 11) is 0. The number of carbonyl (C=O) groups is 1. The number of nitrogens with two attached hydrogens (primary N) is 1. The van der Waals surface area contributed by atoms with Crippen molar-refractivity contribution in [2.45, 2.75) is 32.4 Å². The molecule has 1 amide bonds. The lowest BCUT2D eigenvalue weighted by molar-refractivity contribution is -0.120. The molecule has 4 nitrogen and oxygen atoms in total. The van der Waals surface area contributed by atoms with Crippen LogP contribution in [-0.4, -0.2) is 18.0 Å². The summed E-state index contributed by atoms with van der Waals surface area (Å²) in [6.07, 6.45) is 0.296. The maximum atomic E-state index is 12.0. The fourth-order valence-corrected chi connectivity index (χ4v) is 2.33. The van der Waals surface area contributed by atoms with Crippen LogP contribution in [0, 0.1) is 0 Å². The molecule has 0 radical (unpaired) electrons. The molecule has 0 saturated carbocycles. The lowest BCUT2D eigenvalue weighted by Gasteiger charge is -2.18. The summed E-state index contributed by atoms with van der Waals surface area (Å²) in [5, 5.41) is 3.52. The van der Waals surface area contributed by atoms with Crippen LogP contribution in [0.2, 0.25) is 5.02 Å². The van der Waals surface area contributed by atoms with E-state index in [4.69, 9.17) is 22.1 Å². The van der Waals surface area contributed by atoms with Crippen LogP contribution in [0.4, 0.5) is 0 Å². The van der Waals surface area contributed by atoms with Gasteiger partial charge in [0.1, 0.15) is 12.4 Å². The monoisotopic (exact) mass is 346 g/mol. The average Bonchev–Trinajstić information content (AvgIpc) is 2.51. The molecule has 0 aliphatic carbocycles. The Labute approximate surface area is 148 Å². The molecule has 3 N–H and O–H groups in total. The first-order valence-electron chi connectivity index (χ1n) is 7.84. The van der Waals surface area contributed by atoms with Crippen LogP contribution in [0.1, 0.15) is 25.0 Å². The molecule has 0 aliphatic heterocycles. The average molecular weight is 347 g/mol. The first-order valence-corrected chi connectivity index (χ1v) is 8.21. The third kappa shape index (κ3) is 6.60. The number of halogens is 1. The Morgan fingerprint density at radius 3 is 2.58 bits per heavy atom. The minimum atomic E-state index is -0.419. The van der Waals surface area contributed by atoms with E-state index in [2.05, 4.69) is 5.32 Å². The van der Waals surface area contributed by atoms with Crippen LogP contribution >= 0.6 is 11.6 Å². The van der Waals surface area contributed by atoms with Gasteiger partial charge in [-0.25, -0.2) is 0 Å². The second kappa shape index (κ2) is 8.18. The summed E-state index contributed by atoms with van der Waals surface area (Å²) in [4.78, 5) is 12.0. The Morgan fingerprint density at radius 1 is 1.17 bits per heavy atom. The van der Waals surface area contributed by atoms with Gasteiger partial charge in [0.15, 0.2) is 0 Å². The van der Waals surface area contributed by atoms with Crippen molar-refractivity contribution in [1.29, 1.82) is 0 Å². The Morgan fingerprint density at radius 2 is 1.88 bits per heavy atom. The zero-order chi connectivity index (χ0) is 17.6. The van der Waals surface area contributed by atoms with E-state index in [9.17, 15) is 4.79 Å². The highest BCUT2D eigenvalue weighted by atomic mass is 35.5. The third-order valence-corrected chi connectivity index (χ3v) is 3.53. The van der Waals surface area contributed by atoms with E-state index >= 15 is 0 Å². The van der Waals surface area contributed by atoms with Crippen molar-refractivity contribution in [2.24, 2.45) is 5.73 Å². The molecule has 0 unspecified atom stereocenters. The number of hydrogen-bond acceptors (Lipinski definition) is 3. The predicted octanol–water partition coefficient (Wildman–Crippen LogP) is 3.32. The molecule has 2 aromatic rings. The normalized spacial score (nSPS) is 11.2. The van der Waals surface area contributed by atoms with Gasteiger partial charge in [0.05, 0.1) is 6.42 Å². The van der Waals surface area contributed by atoms with Gasteiger partial charge in [-0.2, -0.15) is 0 Å². The van der Waals surface area contributed by atoms with E-state index in [0.29, 0.717) is 24.6 Å². The highest BCUT2D eigenvalue weighted by Gasteiger charge is 2.12. The molecule has 0 aromatic heterocycles. The summed E-state index contributed by atoms with van der Waals surface area (Å²) in [5.41, 5.74) is 7.33. The first-order chi connectivity index (χ1) is 11.3. The number of hydrogen-bond donors (Lipinski definition) is 2. The highest BCUT2D eigenvalue weighted by Crippen LogP contribution is 2.17. The highest BCUT2D eigenvalue weighted by molar-refractivity contribution is 6.30. The van der Waals surface area contributed by atoms with Gasteiger partial charge >= 0.3 is 0 Å². The number of nitrogens with one attached hydrogen (secondary N) is 1. The topological polar surface area (TPSA) is 64.3 Å². The minimum absolute atomic E-state index is 0.0551. The second-order valence-electron chi connectivity index (χ2n) is 6.51. The van der Waals surface area contributed by atoms with Gasteiger partial charge in [-0.3, -0.25) is 4.79 Å². The lowest BCUT2D eigenvalue weighted by atomic mass is 10.1. The fraction of sp³-hybridized carbons (Fsp3) is 0.316. The molecule has 0 spiro atoms. The van der Waals surface area contributed by atoms with E-state index in [0.717, 1.165) is 16.9 Å². The van der Waals surface area contributed by atoms with Crippen LogP contribution < -0.4 is 15.8 Å². The molecule has 24 heavy (non-hydrogen) atoms. The van der Waals surface area contributed by atoms with Gasteiger partial charge in [0.25, 0.3) is 0 Å². The summed E-state index contributed by atoms with van der Waals surface area (Å²) in [6.45, 7) is 4.61. The van der Waals surface area contributed by atoms with Crippen molar-refractivity contribution in [3.8, 4) is 5.75 Å². The zero-order valence-electron chi connectivity index (χ0n) is 14.0. The van der Waals surface area contributed by atoms with Gasteiger partial charge in [-0.15, -0.1) is 0 Å². The quantitative estimate of drug-likeness (QED) is 0.808. The first kappa shape index (κ1) is 18.3. The Bertz CT molecular complexity index is 696. The molecule has 0 atom stereocenters. The van der Waals surface area contributed by atoms with Crippen molar-refractivity contribution in [3.63, 3.8) is 0 Å². The van der Waals surface area contributed by atoms with Crippen molar-refractivity contribution >= 4 is 17.5 Å². The number of ether oxygens (including phenoxy) is 1. The van der Waals surface area contributed by atoms with Crippen molar-refractivity contribution in [2.75, 3.05) is 6.54 Å². The smallest absolute Gasteiger partial charge is 0.224 e. The van der Waals surface area contributed by atoms with Crippen LogP contribution in [-0.2, 0) is 17.8 Å². The molecule has 0 aliphatic rings. The molecule has 0 bridgehead atoms. The predicted molar refractivity (Wildman–Crippen MR) is 97.2 cm³/mol. The third-order valence-electron chi connectivity index (χ3n) is 3.30. The molecule has 2 aromatic carbocycles. The van der Waals surface area contributed by atoms with Gasteiger partial charge in [-0.05, 0) is 49.2 Å². The number of amides is 1. The van der Waals surface area contributed by atoms with E-state index in [-0.39, 0.29) is 5.91 Å². The molecule has 2 rings (SSSR count). The summed E-state index contributed by atoms with van der Waals surface area (Å²) < 4.78 is 5.77. The second-order valence-corrected chi connectivity index (χ2v) is 6.94. The molecule has 0 saturated heterocycles. The van der Waals surface area contributed by atoms with Crippen LogP contribution in [0.5, 0.6) is 5.75 Å². The lowest BCUT2D eigenvalue weighted by Crippen LogP contribution is -2.45. The SMILES string of the molecule is CC(C)(N)CNC(=O)Cc1cccc(OCc2cccc(Cl)c2)c1. The molecule has 0 heterocycles. The molecular formula is C19H23ClN2O2. The van der Waals surface area contributed by atoms with Crippen LogP contribution in [0.3, 0.4) is 0 Å². The summed E-state index contributed by atoms with van der Waals surface area (Å²) in [5.74, 6) is 0.667. The number of benzene rings is 2. The largest absolute Gasteiger partial charge is 0.489 e. The Hall–Kier alpha value is -2.04. The van der Waals surface area contributed by atoms with Gasteiger partial charge in [-0.1, -0.05) is 35.9 Å². The van der Waals surface area contributed by atoms with Gasteiger partial charge in [0, 0.05) is 17.1 Å². The van der Waals surface area contributed by atoms with Crippen LogP contribution in [0.25, 0.3) is 0 Å². The number of rotatable bonds is 7. The number of carbonyl (C=O) groups excluding carboxylic acids is 1. The Kier molecular flexibility index (Phi) is 6.23. The van der Waals surface area contributed by atoms with Crippen molar-refractivity contribution in [1.82, 2.24) is 5.32 Å². The van der Waals surface area contributed by atoms with E-state index in [1.165, 1.54) is 0 Å². The summed E-state index contributed by atoms with van der Waals surface area (Å²) >= 11 is 5.96. The van der Waals surface area contributed by atoms with Crippen LogP contribution in [0.15, 0.2) is 48.5 Å². The molecule has 128 valence electrons. The maximum Gasteiger partial charge on any atom is 0.224 e. The minimum Gasteiger partial charge on any atom is -0.489 e. The Balaban J connectivity index is 1.90. The van der Waals surface area contributed by atoms with Gasteiger partial charge < -0.3 is 15.8 Å². The summed E-state index contributed by atoms with van der Waals surface area (Å²) in [6, 6.07) is 15.1. The standard InChI is InChI=1S/C19H23ClN2O2/c1-19(2,21)13-22-18(23)11-14-5-4-8-17(10-14)24-12-15-6-3-7-16(20)9-15/h3-10H,11-13,21H2,1-2H3,(H,22,23). The molecule has 0 fully saturated rings. The molecular weight excluding hydrogens is 324 g/mol. The van der Waals surface area contributed by atoms with Crippen molar-refractivity contribution < 1.29 is 9.53 Å². The fourth-order valence-electron chi connectivity index (χ4n) is 2.11. The van der Waals surface area contributed by atoms with E-state index < -0.39 is 5.54 Å². The zero-order valence-corrected chi connectivity index (χ0v) is 14.8.